The zero-order valence-corrected chi connectivity index (χ0v) is 14.5. The summed E-state index contributed by atoms with van der Waals surface area (Å²) in [6.45, 7) is 4.26. The molecule has 0 aliphatic heterocycles. The van der Waals surface area contributed by atoms with E-state index in [-0.39, 0.29) is 17.0 Å². The monoisotopic (exact) mass is 360 g/mol. The number of rotatable bonds is 3. The molecular formula is C19H19F3N4. The predicted octanol–water partition coefficient (Wildman–Crippen LogP) is 4.92. The fourth-order valence-corrected chi connectivity index (χ4v) is 3.39. The molecule has 2 aromatic rings. The summed E-state index contributed by atoms with van der Waals surface area (Å²) in [5.41, 5.74) is 0.104. The standard InChI is InChI=1S/C19H19F3N4/c1-18(2)9-15(7-16(10-18)26-6-5-24-12-26)25-14-4-3-13(11-23)17(8-14)19(20,21)22/h3-8,12,15,25H,9-10H2,1-2H3. The Kier molecular flexibility index (Phi) is 4.53. The van der Waals surface area contributed by atoms with E-state index in [1.54, 1.807) is 18.6 Å². The normalized spacial score (nSPS) is 19.5. The molecule has 7 heteroatoms. The lowest BCUT2D eigenvalue weighted by molar-refractivity contribution is -0.137. The molecule has 1 unspecified atom stereocenters. The van der Waals surface area contributed by atoms with Gasteiger partial charge in [0.15, 0.2) is 0 Å². The second-order valence-electron chi connectivity index (χ2n) is 7.29. The van der Waals surface area contributed by atoms with Crippen LogP contribution >= 0.6 is 0 Å². The molecule has 26 heavy (non-hydrogen) atoms. The van der Waals surface area contributed by atoms with Gasteiger partial charge in [-0.2, -0.15) is 18.4 Å². The van der Waals surface area contributed by atoms with Gasteiger partial charge >= 0.3 is 6.18 Å². The van der Waals surface area contributed by atoms with Gasteiger partial charge in [-0.25, -0.2) is 4.98 Å². The lowest BCUT2D eigenvalue weighted by Gasteiger charge is -2.35. The summed E-state index contributed by atoms with van der Waals surface area (Å²) in [4.78, 5) is 4.06. The highest BCUT2D eigenvalue weighted by Crippen LogP contribution is 2.39. The molecule has 0 spiro atoms. The topological polar surface area (TPSA) is 53.6 Å². The first-order valence-corrected chi connectivity index (χ1v) is 8.25. The Morgan fingerprint density at radius 3 is 2.73 bits per heavy atom. The quantitative estimate of drug-likeness (QED) is 0.846. The highest BCUT2D eigenvalue weighted by molar-refractivity contribution is 5.56. The highest BCUT2D eigenvalue weighted by Gasteiger charge is 2.34. The molecule has 1 heterocycles. The maximum atomic E-state index is 13.2. The summed E-state index contributed by atoms with van der Waals surface area (Å²) in [6, 6.07) is 5.21. The van der Waals surface area contributed by atoms with Crippen molar-refractivity contribution in [3.63, 3.8) is 0 Å². The van der Waals surface area contributed by atoms with Gasteiger partial charge in [0.05, 0.1) is 23.5 Å². The molecule has 4 nitrogen and oxygen atoms in total. The Bertz CT molecular complexity index is 858. The van der Waals surface area contributed by atoms with Gasteiger partial charge in [0.2, 0.25) is 0 Å². The second-order valence-corrected chi connectivity index (χ2v) is 7.29. The van der Waals surface area contributed by atoms with Gasteiger partial charge in [-0.05, 0) is 42.5 Å². The van der Waals surface area contributed by atoms with Crippen LogP contribution in [0.3, 0.4) is 0 Å². The van der Waals surface area contributed by atoms with E-state index in [0.29, 0.717) is 5.69 Å². The van der Waals surface area contributed by atoms with Crippen LogP contribution in [0.1, 0.15) is 37.8 Å². The van der Waals surface area contributed by atoms with Gasteiger partial charge in [-0.3, -0.25) is 0 Å². The highest BCUT2D eigenvalue weighted by atomic mass is 19.4. The van der Waals surface area contributed by atoms with Crippen molar-refractivity contribution in [2.45, 2.75) is 38.9 Å². The van der Waals surface area contributed by atoms with E-state index in [9.17, 15) is 13.2 Å². The zero-order chi connectivity index (χ0) is 18.9. The van der Waals surface area contributed by atoms with Gasteiger partial charge in [-0.1, -0.05) is 13.8 Å². The van der Waals surface area contributed by atoms with E-state index >= 15 is 0 Å². The average Bonchev–Trinajstić information content (AvgIpc) is 3.07. The van der Waals surface area contributed by atoms with Crippen molar-refractivity contribution in [1.82, 2.24) is 9.55 Å². The van der Waals surface area contributed by atoms with E-state index < -0.39 is 11.7 Å². The smallest absolute Gasteiger partial charge is 0.379 e. The van der Waals surface area contributed by atoms with Crippen LogP contribution in [-0.2, 0) is 6.18 Å². The molecular weight excluding hydrogens is 341 g/mol. The molecule has 0 saturated carbocycles. The third kappa shape index (κ3) is 3.90. The largest absolute Gasteiger partial charge is 0.417 e. The first-order chi connectivity index (χ1) is 12.2. The minimum Gasteiger partial charge on any atom is -0.379 e. The first-order valence-electron chi connectivity index (χ1n) is 8.25. The fourth-order valence-electron chi connectivity index (χ4n) is 3.39. The molecule has 0 radical (unpaired) electrons. The average molecular weight is 360 g/mol. The van der Waals surface area contributed by atoms with Crippen LogP contribution in [-0.4, -0.2) is 15.6 Å². The number of halogens is 3. The molecule has 0 fully saturated rings. The van der Waals surface area contributed by atoms with Crippen LogP contribution in [0.15, 0.2) is 43.0 Å². The molecule has 1 aliphatic carbocycles. The summed E-state index contributed by atoms with van der Waals surface area (Å²) >= 11 is 0. The molecule has 0 saturated heterocycles. The van der Waals surface area contributed by atoms with Crippen LogP contribution in [0.2, 0.25) is 0 Å². The number of allylic oxidation sites excluding steroid dienone is 1. The molecule has 0 amide bonds. The van der Waals surface area contributed by atoms with E-state index in [2.05, 4.69) is 24.1 Å². The number of anilines is 1. The predicted molar refractivity (Wildman–Crippen MR) is 93.1 cm³/mol. The maximum Gasteiger partial charge on any atom is 0.417 e. The molecule has 1 aromatic heterocycles. The van der Waals surface area contributed by atoms with E-state index in [0.717, 1.165) is 24.6 Å². The molecule has 1 N–H and O–H groups in total. The second kappa shape index (κ2) is 6.52. The van der Waals surface area contributed by atoms with Crippen LogP contribution in [0, 0.1) is 16.7 Å². The summed E-state index contributed by atoms with van der Waals surface area (Å²) in [5, 5.41) is 12.1. The van der Waals surface area contributed by atoms with Crippen molar-refractivity contribution in [2.75, 3.05) is 5.32 Å². The van der Waals surface area contributed by atoms with Gasteiger partial charge in [0.25, 0.3) is 0 Å². The van der Waals surface area contributed by atoms with E-state index in [4.69, 9.17) is 5.26 Å². The molecule has 1 atom stereocenters. The lowest BCUT2D eigenvalue weighted by Crippen LogP contribution is -2.31. The first kappa shape index (κ1) is 18.1. The Balaban J connectivity index is 1.90. The minimum absolute atomic E-state index is 0.00846. The van der Waals surface area contributed by atoms with Crippen molar-refractivity contribution in [2.24, 2.45) is 5.41 Å². The summed E-state index contributed by atoms with van der Waals surface area (Å²) in [5.74, 6) is 0. The number of nitrogens with one attached hydrogen (secondary N) is 1. The number of imidazole rings is 1. The number of hydrogen-bond acceptors (Lipinski definition) is 3. The van der Waals surface area contributed by atoms with Crippen LogP contribution in [0.25, 0.3) is 5.70 Å². The molecule has 0 bridgehead atoms. The van der Waals surface area contributed by atoms with Gasteiger partial charge < -0.3 is 9.88 Å². The van der Waals surface area contributed by atoms with E-state index in [1.165, 1.54) is 12.1 Å². The number of alkyl halides is 3. The fraction of sp³-hybridized carbons (Fsp3) is 0.368. The summed E-state index contributed by atoms with van der Waals surface area (Å²) in [6.07, 6.45) is 4.36. The Labute approximate surface area is 150 Å². The van der Waals surface area contributed by atoms with Gasteiger partial charge in [0, 0.05) is 29.8 Å². The molecule has 3 rings (SSSR count). The molecule has 1 aromatic carbocycles. The third-order valence-electron chi connectivity index (χ3n) is 4.46. The summed E-state index contributed by atoms with van der Waals surface area (Å²) in [7, 11) is 0. The number of nitrogens with zero attached hydrogens (tertiary/aromatic N) is 3. The lowest BCUT2D eigenvalue weighted by atomic mass is 9.77. The number of benzene rings is 1. The number of hydrogen-bond donors (Lipinski definition) is 1. The van der Waals surface area contributed by atoms with Crippen LogP contribution in [0.4, 0.5) is 18.9 Å². The van der Waals surface area contributed by atoms with Crippen molar-refractivity contribution >= 4 is 11.4 Å². The van der Waals surface area contributed by atoms with E-state index in [1.807, 2.05) is 16.8 Å². The Morgan fingerprint density at radius 1 is 1.35 bits per heavy atom. The van der Waals surface area contributed by atoms with Crippen molar-refractivity contribution in [3.8, 4) is 6.07 Å². The SMILES string of the molecule is CC1(C)CC(n2ccnc2)=CC(Nc2ccc(C#N)c(C(F)(F)F)c2)C1. The minimum atomic E-state index is -4.56. The van der Waals surface area contributed by atoms with Crippen molar-refractivity contribution in [1.29, 1.82) is 5.26 Å². The maximum absolute atomic E-state index is 13.2. The van der Waals surface area contributed by atoms with Gasteiger partial charge in [0.1, 0.15) is 0 Å². The third-order valence-corrected chi connectivity index (χ3v) is 4.46. The Morgan fingerprint density at radius 2 is 2.12 bits per heavy atom. The Hall–Kier alpha value is -2.75. The molecule has 136 valence electrons. The van der Waals surface area contributed by atoms with Crippen molar-refractivity contribution in [3.05, 3.63) is 54.1 Å². The van der Waals surface area contributed by atoms with Crippen molar-refractivity contribution < 1.29 is 13.2 Å². The van der Waals surface area contributed by atoms with Gasteiger partial charge in [-0.15, -0.1) is 0 Å². The van der Waals surface area contributed by atoms with Crippen LogP contribution in [0.5, 0.6) is 0 Å². The zero-order valence-electron chi connectivity index (χ0n) is 14.5. The number of nitriles is 1. The number of aromatic nitrogens is 2. The molecule has 1 aliphatic rings. The summed E-state index contributed by atoms with van der Waals surface area (Å²) < 4.78 is 41.4. The van der Waals surface area contributed by atoms with Crippen LogP contribution < -0.4 is 5.32 Å².